The van der Waals surface area contributed by atoms with Crippen molar-refractivity contribution in [3.05, 3.63) is 51.0 Å². The number of nitrogens with zero attached hydrogens (tertiary/aromatic N) is 2. The highest BCUT2D eigenvalue weighted by Gasteiger charge is 2.19. The minimum atomic E-state index is -0.749. The zero-order valence-corrected chi connectivity index (χ0v) is 13.3. The van der Waals surface area contributed by atoms with E-state index in [4.69, 9.17) is 11.6 Å². The monoisotopic (exact) mass is 360 g/mol. The molecule has 0 saturated heterocycles. The van der Waals surface area contributed by atoms with Crippen LogP contribution in [-0.2, 0) is 13.0 Å². The topological polar surface area (TPSA) is 38.0 Å². The predicted octanol–water partition coefficient (Wildman–Crippen LogP) is 4.12. The van der Waals surface area contributed by atoms with Crippen molar-refractivity contribution in [2.45, 2.75) is 32.4 Å². The first kappa shape index (κ1) is 15.5. The lowest BCUT2D eigenvalue weighted by Crippen LogP contribution is -2.12. The average Bonchev–Trinajstić information content (AvgIpc) is 2.74. The lowest BCUT2D eigenvalue weighted by molar-refractivity contribution is 0.166. The van der Waals surface area contributed by atoms with Crippen molar-refractivity contribution < 1.29 is 9.50 Å². The van der Waals surface area contributed by atoms with Gasteiger partial charge in [0.25, 0.3) is 0 Å². The summed E-state index contributed by atoms with van der Waals surface area (Å²) in [5, 5.41) is 14.9. The lowest BCUT2D eigenvalue weighted by atomic mass is 10.1. The van der Waals surface area contributed by atoms with E-state index in [9.17, 15) is 9.50 Å². The molecule has 0 aliphatic carbocycles. The van der Waals surface area contributed by atoms with Crippen molar-refractivity contribution in [3.8, 4) is 0 Å². The van der Waals surface area contributed by atoms with Crippen LogP contribution in [0.2, 0.25) is 5.02 Å². The number of halogens is 3. The Morgan fingerprint density at radius 2 is 2.25 bits per heavy atom. The molecule has 0 bridgehead atoms. The molecule has 0 aliphatic rings. The van der Waals surface area contributed by atoms with E-state index in [2.05, 4.69) is 21.0 Å². The Labute approximate surface area is 130 Å². The largest absolute Gasteiger partial charge is 0.386 e. The van der Waals surface area contributed by atoms with Gasteiger partial charge in [-0.25, -0.2) is 4.39 Å². The molecule has 6 heteroatoms. The van der Waals surface area contributed by atoms with Crippen LogP contribution < -0.4 is 0 Å². The number of aryl methyl sites for hydroxylation is 1. The Bertz CT molecular complexity index is 603. The summed E-state index contributed by atoms with van der Waals surface area (Å²) in [6, 6.07) is 4.18. The quantitative estimate of drug-likeness (QED) is 0.870. The lowest BCUT2D eigenvalue weighted by Gasteiger charge is -2.15. The van der Waals surface area contributed by atoms with Crippen molar-refractivity contribution in [3.63, 3.8) is 0 Å². The van der Waals surface area contributed by atoms with E-state index in [1.54, 1.807) is 16.9 Å². The predicted molar refractivity (Wildman–Crippen MR) is 80.3 cm³/mol. The molecular formula is C14H15BrClFN2O. The van der Waals surface area contributed by atoms with Gasteiger partial charge in [-0.1, -0.05) is 24.6 Å². The Kier molecular flexibility index (Phi) is 5.18. The second-order valence-corrected chi connectivity index (χ2v) is 5.82. The number of aliphatic hydroxyl groups excluding tert-OH is 1. The Balaban J connectivity index is 2.23. The molecule has 20 heavy (non-hydrogen) atoms. The molecule has 0 saturated carbocycles. The SMILES string of the molecule is CCCn1ncc(Br)c1C(O)Cc1ccc(F)cc1Cl. The van der Waals surface area contributed by atoms with E-state index in [0.29, 0.717) is 22.7 Å². The number of benzene rings is 1. The molecule has 0 amide bonds. The van der Waals surface area contributed by atoms with Crippen LogP contribution in [0.25, 0.3) is 0 Å². The molecule has 2 rings (SSSR count). The highest BCUT2D eigenvalue weighted by atomic mass is 79.9. The van der Waals surface area contributed by atoms with Gasteiger partial charge in [-0.2, -0.15) is 5.10 Å². The zero-order valence-electron chi connectivity index (χ0n) is 11.0. The molecule has 0 spiro atoms. The van der Waals surface area contributed by atoms with E-state index in [0.717, 1.165) is 17.4 Å². The van der Waals surface area contributed by atoms with Gasteiger partial charge in [0.05, 0.1) is 16.4 Å². The van der Waals surface area contributed by atoms with Gasteiger partial charge in [0.2, 0.25) is 0 Å². The van der Waals surface area contributed by atoms with E-state index in [1.165, 1.54) is 12.1 Å². The Hall–Kier alpha value is -0.910. The number of aromatic nitrogens is 2. The van der Waals surface area contributed by atoms with Gasteiger partial charge in [-0.05, 0) is 40.0 Å². The average molecular weight is 362 g/mol. The first-order valence-corrected chi connectivity index (χ1v) is 7.53. The molecule has 0 fully saturated rings. The number of aliphatic hydroxyl groups is 1. The van der Waals surface area contributed by atoms with Crippen molar-refractivity contribution in [2.24, 2.45) is 0 Å². The summed E-state index contributed by atoms with van der Waals surface area (Å²) in [6.45, 7) is 2.78. The molecule has 108 valence electrons. The molecule has 1 atom stereocenters. The smallest absolute Gasteiger partial charge is 0.124 e. The first-order chi connectivity index (χ1) is 9.52. The summed E-state index contributed by atoms with van der Waals surface area (Å²) in [5.74, 6) is -0.384. The van der Waals surface area contributed by atoms with Crippen molar-refractivity contribution in [1.82, 2.24) is 9.78 Å². The van der Waals surface area contributed by atoms with Gasteiger partial charge < -0.3 is 5.11 Å². The highest BCUT2D eigenvalue weighted by Crippen LogP contribution is 2.28. The van der Waals surface area contributed by atoms with Crippen molar-refractivity contribution >= 4 is 27.5 Å². The Morgan fingerprint density at radius 3 is 2.90 bits per heavy atom. The summed E-state index contributed by atoms with van der Waals surface area (Å²) in [4.78, 5) is 0. The summed E-state index contributed by atoms with van der Waals surface area (Å²) >= 11 is 9.39. The second-order valence-electron chi connectivity index (χ2n) is 4.56. The normalized spacial score (nSPS) is 12.7. The van der Waals surface area contributed by atoms with Crippen LogP contribution in [0.1, 0.15) is 30.7 Å². The Morgan fingerprint density at radius 1 is 1.50 bits per heavy atom. The fourth-order valence-electron chi connectivity index (χ4n) is 2.09. The number of rotatable bonds is 5. The molecule has 1 heterocycles. The maximum atomic E-state index is 13.0. The molecule has 2 aromatic rings. The molecule has 1 aromatic heterocycles. The third-order valence-corrected chi connectivity index (χ3v) is 3.98. The van der Waals surface area contributed by atoms with E-state index in [-0.39, 0.29) is 5.82 Å². The highest BCUT2D eigenvalue weighted by molar-refractivity contribution is 9.10. The fraction of sp³-hybridized carbons (Fsp3) is 0.357. The number of hydrogen-bond donors (Lipinski definition) is 1. The molecule has 1 aromatic carbocycles. The van der Waals surface area contributed by atoms with E-state index < -0.39 is 6.10 Å². The van der Waals surface area contributed by atoms with Crippen molar-refractivity contribution in [1.29, 1.82) is 0 Å². The van der Waals surface area contributed by atoms with Crippen LogP contribution in [0, 0.1) is 5.82 Å². The number of hydrogen-bond acceptors (Lipinski definition) is 2. The third-order valence-electron chi connectivity index (χ3n) is 3.01. The van der Waals surface area contributed by atoms with Gasteiger partial charge in [0.15, 0.2) is 0 Å². The maximum absolute atomic E-state index is 13.0. The third kappa shape index (κ3) is 3.40. The van der Waals surface area contributed by atoms with Gasteiger partial charge >= 0.3 is 0 Å². The minimum Gasteiger partial charge on any atom is -0.386 e. The van der Waals surface area contributed by atoms with Crippen LogP contribution >= 0.6 is 27.5 Å². The van der Waals surface area contributed by atoms with Gasteiger partial charge in [0.1, 0.15) is 11.9 Å². The van der Waals surface area contributed by atoms with Gasteiger partial charge in [0, 0.05) is 18.0 Å². The van der Waals surface area contributed by atoms with Crippen LogP contribution in [0.3, 0.4) is 0 Å². The molecule has 1 unspecified atom stereocenters. The summed E-state index contributed by atoms with van der Waals surface area (Å²) in [6.07, 6.45) is 2.15. The van der Waals surface area contributed by atoms with Gasteiger partial charge in [-0.15, -0.1) is 0 Å². The van der Waals surface area contributed by atoms with E-state index >= 15 is 0 Å². The van der Waals surface area contributed by atoms with Crippen LogP contribution in [0.5, 0.6) is 0 Å². The standard InChI is InChI=1S/C14H15BrClFN2O/c1-2-5-19-14(11(15)8-18-19)13(20)6-9-3-4-10(17)7-12(9)16/h3-4,7-8,13,20H,2,5-6H2,1H3. The van der Waals surface area contributed by atoms with Crippen LogP contribution in [0.4, 0.5) is 4.39 Å². The van der Waals surface area contributed by atoms with Crippen molar-refractivity contribution in [2.75, 3.05) is 0 Å². The molecular weight excluding hydrogens is 347 g/mol. The second kappa shape index (κ2) is 6.70. The van der Waals surface area contributed by atoms with Crippen LogP contribution in [-0.4, -0.2) is 14.9 Å². The summed E-state index contributed by atoms with van der Waals surface area (Å²) < 4.78 is 15.5. The van der Waals surface area contributed by atoms with Crippen LogP contribution in [0.15, 0.2) is 28.9 Å². The van der Waals surface area contributed by atoms with Gasteiger partial charge in [-0.3, -0.25) is 4.68 Å². The first-order valence-electron chi connectivity index (χ1n) is 6.36. The summed E-state index contributed by atoms with van der Waals surface area (Å²) in [5.41, 5.74) is 1.42. The molecule has 0 radical (unpaired) electrons. The molecule has 1 N–H and O–H groups in total. The fourth-order valence-corrected chi connectivity index (χ4v) is 2.89. The maximum Gasteiger partial charge on any atom is 0.124 e. The molecule has 3 nitrogen and oxygen atoms in total. The molecule has 0 aliphatic heterocycles. The van der Waals surface area contributed by atoms with E-state index in [1.807, 2.05) is 6.92 Å². The zero-order chi connectivity index (χ0) is 14.7. The summed E-state index contributed by atoms with van der Waals surface area (Å²) in [7, 11) is 0. The minimum absolute atomic E-state index is 0.313.